The van der Waals surface area contributed by atoms with Crippen LogP contribution < -0.4 is 16.2 Å². The highest BCUT2D eigenvalue weighted by atomic mass is 19.1. The molecule has 5 nitrogen and oxygen atoms in total. The minimum Gasteiger partial charge on any atom is -0.456 e. The SMILES string of the molecule is N#Cc1ccc(Oc2cccc(F)c2C(N)=O)cc1N. The molecule has 0 saturated heterocycles. The van der Waals surface area contributed by atoms with Crippen LogP contribution in [0.25, 0.3) is 0 Å². The molecule has 0 aromatic heterocycles. The van der Waals surface area contributed by atoms with E-state index in [2.05, 4.69) is 0 Å². The van der Waals surface area contributed by atoms with Crippen LogP contribution in [0.1, 0.15) is 15.9 Å². The van der Waals surface area contributed by atoms with Crippen LogP contribution >= 0.6 is 0 Å². The highest BCUT2D eigenvalue weighted by molar-refractivity contribution is 5.96. The van der Waals surface area contributed by atoms with Crippen molar-refractivity contribution in [2.45, 2.75) is 0 Å². The maximum absolute atomic E-state index is 13.6. The third-order valence-electron chi connectivity index (χ3n) is 2.59. The molecule has 2 rings (SSSR count). The number of nitrogen functional groups attached to an aromatic ring is 1. The second kappa shape index (κ2) is 5.28. The number of amides is 1. The summed E-state index contributed by atoms with van der Waals surface area (Å²) in [5, 5.41) is 8.77. The summed E-state index contributed by atoms with van der Waals surface area (Å²) < 4.78 is 19.0. The number of ether oxygens (including phenoxy) is 1. The zero-order chi connectivity index (χ0) is 14.7. The number of anilines is 1. The number of halogens is 1. The van der Waals surface area contributed by atoms with E-state index in [-0.39, 0.29) is 22.7 Å². The second-order valence-corrected chi connectivity index (χ2v) is 3.94. The van der Waals surface area contributed by atoms with Gasteiger partial charge in [-0.2, -0.15) is 5.26 Å². The molecule has 100 valence electrons. The lowest BCUT2D eigenvalue weighted by atomic mass is 10.1. The van der Waals surface area contributed by atoms with E-state index in [0.29, 0.717) is 5.56 Å². The minimum absolute atomic E-state index is 0.0124. The molecule has 0 aliphatic carbocycles. The molecule has 0 bridgehead atoms. The normalized spacial score (nSPS) is 9.80. The fourth-order valence-electron chi connectivity index (χ4n) is 1.66. The van der Waals surface area contributed by atoms with Crippen molar-refractivity contribution in [3.63, 3.8) is 0 Å². The summed E-state index contributed by atoms with van der Waals surface area (Å²) in [7, 11) is 0. The monoisotopic (exact) mass is 271 g/mol. The largest absolute Gasteiger partial charge is 0.456 e. The molecule has 4 N–H and O–H groups in total. The maximum atomic E-state index is 13.6. The summed E-state index contributed by atoms with van der Waals surface area (Å²) in [6, 6.07) is 10.2. The van der Waals surface area contributed by atoms with E-state index in [1.54, 1.807) is 0 Å². The molecule has 0 fully saturated rings. The lowest BCUT2D eigenvalue weighted by Gasteiger charge is -2.10. The molecule has 2 aromatic rings. The van der Waals surface area contributed by atoms with Crippen molar-refractivity contribution < 1.29 is 13.9 Å². The highest BCUT2D eigenvalue weighted by Gasteiger charge is 2.16. The van der Waals surface area contributed by atoms with E-state index in [1.807, 2.05) is 6.07 Å². The molecule has 20 heavy (non-hydrogen) atoms. The third-order valence-corrected chi connectivity index (χ3v) is 2.59. The number of nitriles is 1. The molecule has 0 heterocycles. The van der Waals surface area contributed by atoms with Crippen LogP contribution in [-0.2, 0) is 0 Å². The van der Waals surface area contributed by atoms with Gasteiger partial charge in [-0.25, -0.2) is 4.39 Å². The van der Waals surface area contributed by atoms with Crippen molar-refractivity contribution in [2.75, 3.05) is 5.73 Å². The Morgan fingerprint density at radius 3 is 2.65 bits per heavy atom. The van der Waals surface area contributed by atoms with Crippen LogP contribution in [0.2, 0.25) is 0 Å². The summed E-state index contributed by atoms with van der Waals surface area (Å²) >= 11 is 0. The Hall–Kier alpha value is -3.07. The van der Waals surface area contributed by atoms with Gasteiger partial charge in [0.2, 0.25) is 0 Å². The molecule has 0 aliphatic rings. The van der Waals surface area contributed by atoms with Crippen LogP contribution in [0, 0.1) is 17.1 Å². The van der Waals surface area contributed by atoms with Gasteiger partial charge in [0.1, 0.15) is 28.9 Å². The van der Waals surface area contributed by atoms with Gasteiger partial charge in [-0.3, -0.25) is 4.79 Å². The van der Waals surface area contributed by atoms with Crippen molar-refractivity contribution in [3.05, 3.63) is 53.3 Å². The first kappa shape index (κ1) is 13.4. The molecule has 0 radical (unpaired) electrons. The van der Waals surface area contributed by atoms with Crippen LogP contribution in [0.5, 0.6) is 11.5 Å². The Morgan fingerprint density at radius 1 is 1.30 bits per heavy atom. The van der Waals surface area contributed by atoms with Crippen LogP contribution in [0.3, 0.4) is 0 Å². The Bertz CT molecular complexity index is 723. The molecule has 0 saturated carbocycles. The van der Waals surface area contributed by atoms with Crippen LogP contribution in [-0.4, -0.2) is 5.91 Å². The zero-order valence-electron chi connectivity index (χ0n) is 10.3. The molecule has 6 heteroatoms. The van der Waals surface area contributed by atoms with Crippen molar-refractivity contribution in [3.8, 4) is 17.6 Å². The lowest BCUT2D eigenvalue weighted by molar-refractivity contribution is 0.0994. The predicted octanol–water partition coefficient (Wildman–Crippen LogP) is 2.17. The Balaban J connectivity index is 2.41. The number of benzene rings is 2. The Labute approximate surface area is 114 Å². The molecular weight excluding hydrogens is 261 g/mol. The minimum atomic E-state index is -0.931. The quantitative estimate of drug-likeness (QED) is 0.835. The molecule has 0 atom stereocenters. The summed E-state index contributed by atoms with van der Waals surface area (Å²) in [6.45, 7) is 0. The van der Waals surface area contributed by atoms with Crippen molar-refractivity contribution in [1.82, 2.24) is 0 Å². The summed E-state index contributed by atoms with van der Waals surface area (Å²) in [4.78, 5) is 11.2. The summed E-state index contributed by atoms with van der Waals surface area (Å²) in [5.41, 5.74) is 10.9. The standard InChI is InChI=1S/C14H10FN3O2/c15-10-2-1-3-12(13(10)14(18)19)20-9-5-4-8(7-16)11(17)6-9/h1-6H,17H2,(H2,18,19). The first-order valence-corrected chi connectivity index (χ1v) is 5.58. The number of nitrogens with two attached hydrogens (primary N) is 2. The first-order valence-electron chi connectivity index (χ1n) is 5.58. The Morgan fingerprint density at radius 2 is 2.05 bits per heavy atom. The maximum Gasteiger partial charge on any atom is 0.255 e. The number of rotatable bonds is 3. The van der Waals surface area contributed by atoms with Gasteiger partial charge in [0.25, 0.3) is 5.91 Å². The predicted molar refractivity (Wildman–Crippen MR) is 70.6 cm³/mol. The molecule has 2 aromatic carbocycles. The highest BCUT2D eigenvalue weighted by Crippen LogP contribution is 2.28. The number of nitrogens with zero attached hydrogens (tertiary/aromatic N) is 1. The van der Waals surface area contributed by atoms with E-state index in [0.717, 1.165) is 6.07 Å². The zero-order valence-corrected chi connectivity index (χ0v) is 10.3. The number of carbonyl (C=O) groups is 1. The number of primary amides is 1. The fraction of sp³-hybridized carbons (Fsp3) is 0. The van der Waals surface area contributed by atoms with Crippen LogP contribution in [0.4, 0.5) is 10.1 Å². The molecule has 0 aliphatic heterocycles. The molecule has 1 amide bonds. The summed E-state index contributed by atoms with van der Waals surface area (Å²) in [6.07, 6.45) is 0. The second-order valence-electron chi connectivity index (χ2n) is 3.94. The van der Waals surface area contributed by atoms with Crippen molar-refractivity contribution >= 4 is 11.6 Å². The average Bonchev–Trinajstić information content (AvgIpc) is 2.38. The van der Waals surface area contributed by atoms with E-state index in [4.69, 9.17) is 21.5 Å². The van der Waals surface area contributed by atoms with E-state index >= 15 is 0 Å². The smallest absolute Gasteiger partial charge is 0.255 e. The van der Waals surface area contributed by atoms with Crippen molar-refractivity contribution in [2.24, 2.45) is 5.73 Å². The first-order chi connectivity index (χ1) is 9.52. The average molecular weight is 271 g/mol. The van der Waals surface area contributed by atoms with Gasteiger partial charge < -0.3 is 16.2 Å². The number of hydrogen-bond donors (Lipinski definition) is 2. The topological polar surface area (TPSA) is 102 Å². The van der Waals surface area contributed by atoms with Crippen molar-refractivity contribution in [1.29, 1.82) is 5.26 Å². The number of hydrogen-bond acceptors (Lipinski definition) is 4. The van der Waals surface area contributed by atoms with E-state index in [9.17, 15) is 9.18 Å². The number of carbonyl (C=O) groups excluding carboxylic acids is 1. The molecule has 0 spiro atoms. The lowest BCUT2D eigenvalue weighted by Crippen LogP contribution is -2.14. The van der Waals surface area contributed by atoms with Gasteiger partial charge in [-0.05, 0) is 24.3 Å². The van der Waals surface area contributed by atoms with Crippen LogP contribution in [0.15, 0.2) is 36.4 Å². The van der Waals surface area contributed by atoms with Gasteiger partial charge >= 0.3 is 0 Å². The molecular formula is C14H10FN3O2. The fourth-order valence-corrected chi connectivity index (χ4v) is 1.66. The van der Waals surface area contributed by atoms with Gasteiger partial charge in [0.15, 0.2) is 0 Å². The van der Waals surface area contributed by atoms with Gasteiger partial charge in [0.05, 0.1) is 11.3 Å². The van der Waals surface area contributed by atoms with E-state index in [1.165, 1.54) is 30.3 Å². The molecule has 0 unspecified atom stereocenters. The Kier molecular flexibility index (Phi) is 3.53. The third kappa shape index (κ3) is 2.52. The summed E-state index contributed by atoms with van der Waals surface area (Å²) in [5.74, 6) is -1.44. The van der Waals surface area contributed by atoms with E-state index < -0.39 is 11.7 Å². The van der Waals surface area contributed by atoms with Gasteiger partial charge in [0, 0.05) is 6.07 Å². The van der Waals surface area contributed by atoms with Gasteiger partial charge in [-0.15, -0.1) is 0 Å². The van der Waals surface area contributed by atoms with Gasteiger partial charge in [-0.1, -0.05) is 6.07 Å².